The second-order valence-corrected chi connectivity index (χ2v) is 6.07. The Morgan fingerprint density at radius 3 is 2.79 bits per heavy atom. The molecule has 1 saturated carbocycles. The van der Waals surface area contributed by atoms with Crippen LogP contribution < -0.4 is 0 Å². The standard InChI is InChI=1S/C12H20AsN/c13-12-7-4-8-14(10-12)9-11-5-2-1-3-6-11/h4,7-8,11H,1-3,5-6,9-10,13H2. The van der Waals surface area contributed by atoms with Crippen LogP contribution >= 0.6 is 0 Å². The zero-order valence-electron chi connectivity index (χ0n) is 8.78. The Hall–Kier alpha value is -0.162. The topological polar surface area (TPSA) is 3.24 Å². The van der Waals surface area contributed by atoms with Gasteiger partial charge in [0.15, 0.2) is 0 Å². The predicted octanol–water partition coefficient (Wildman–Crippen LogP) is 1.91. The molecule has 2 aliphatic rings. The van der Waals surface area contributed by atoms with Crippen molar-refractivity contribution in [1.29, 1.82) is 0 Å². The summed E-state index contributed by atoms with van der Waals surface area (Å²) in [5.41, 5.74) is 0. The third-order valence-electron chi connectivity index (χ3n) is 3.21. The molecule has 0 spiro atoms. The molecule has 0 aromatic heterocycles. The molecule has 0 aromatic carbocycles. The zero-order valence-corrected chi connectivity index (χ0v) is 11.2. The minimum absolute atomic E-state index is 0.965. The van der Waals surface area contributed by atoms with Gasteiger partial charge in [-0.2, -0.15) is 0 Å². The summed E-state index contributed by atoms with van der Waals surface area (Å²) in [5, 5.41) is 0. The van der Waals surface area contributed by atoms with Gasteiger partial charge in [0.05, 0.1) is 0 Å². The van der Waals surface area contributed by atoms with E-state index in [9.17, 15) is 0 Å². The fraction of sp³-hybridized carbons (Fsp3) is 0.667. The van der Waals surface area contributed by atoms with Gasteiger partial charge in [0.25, 0.3) is 0 Å². The fourth-order valence-corrected chi connectivity index (χ4v) is 3.18. The van der Waals surface area contributed by atoms with Gasteiger partial charge in [0.2, 0.25) is 0 Å². The van der Waals surface area contributed by atoms with Crippen molar-refractivity contribution in [2.75, 3.05) is 13.1 Å². The van der Waals surface area contributed by atoms with Crippen molar-refractivity contribution in [1.82, 2.24) is 4.90 Å². The number of rotatable bonds is 2. The van der Waals surface area contributed by atoms with Gasteiger partial charge >= 0.3 is 95.6 Å². The van der Waals surface area contributed by atoms with Crippen LogP contribution in [0.3, 0.4) is 0 Å². The van der Waals surface area contributed by atoms with Crippen molar-refractivity contribution in [2.24, 2.45) is 5.92 Å². The maximum absolute atomic E-state index is 2.49. The normalized spacial score (nSPS) is 23.8. The number of nitrogens with zero attached hydrogens (tertiary/aromatic N) is 1. The maximum atomic E-state index is 2.49. The number of hydrogen-bond donors (Lipinski definition) is 0. The summed E-state index contributed by atoms with van der Waals surface area (Å²) < 4.78 is 1.55. The van der Waals surface area contributed by atoms with Crippen LogP contribution in [0.2, 0.25) is 0 Å². The SMILES string of the molecule is [AsH2]C1=CC=CN(CC2CCCCC2)C1. The van der Waals surface area contributed by atoms with E-state index in [0.29, 0.717) is 0 Å². The van der Waals surface area contributed by atoms with Crippen LogP contribution in [-0.2, 0) is 0 Å². The quantitative estimate of drug-likeness (QED) is 0.679. The third-order valence-corrected chi connectivity index (χ3v) is 4.00. The number of allylic oxidation sites excluding steroid dienone is 2. The molecule has 78 valence electrons. The van der Waals surface area contributed by atoms with Crippen LogP contribution in [0.4, 0.5) is 0 Å². The Morgan fingerprint density at radius 1 is 1.29 bits per heavy atom. The van der Waals surface area contributed by atoms with Gasteiger partial charge in [0.1, 0.15) is 0 Å². The first kappa shape index (κ1) is 10.4. The van der Waals surface area contributed by atoms with Crippen LogP contribution in [0.1, 0.15) is 32.1 Å². The van der Waals surface area contributed by atoms with E-state index in [2.05, 4.69) is 23.3 Å². The zero-order chi connectivity index (χ0) is 9.80. The predicted molar refractivity (Wildman–Crippen MR) is 63.9 cm³/mol. The molecule has 2 heteroatoms. The van der Waals surface area contributed by atoms with E-state index >= 15 is 0 Å². The summed E-state index contributed by atoms with van der Waals surface area (Å²) in [4.78, 5) is 2.49. The average molecular weight is 253 g/mol. The van der Waals surface area contributed by atoms with E-state index in [4.69, 9.17) is 0 Å². The molecule has 0 amide bonds. The van der Waals surface area contributed by atoms with E-state index in [1.807, 2.05) is 0 Å². The second kappa shape index (κ2) is 5.07. The molecule has 1 aliphatic heterocycles. The molecule has 1 aliphatic carbocycles. The molecule has 0 saturated heterocycles. The molecule has 1 atom stereocenters. The Bertz CT molecular complexity index is 239. The Labute approximate surface area is 95.7 Å². The van der Waals surface area contributed by atoms with Gasteiger partial charge in [-0.25, -0.2) is 0 Å². The van der Waals surface area contributed by atoms with E-state index in [0.717, 1.165) is 5.92 Å². The van der Waals surface area contributed by atoms with Crippen molar-refractivity contribution < 1.29 is 0 Å². The Balaban J connectivity index is 1.80. The van der Waals surface area contributed by atoms with Crippen LogP contribution in [-0.4, -0.2) is 34.8 Å². The van der Waals surface area contributed by atoms with Crippen molar-refractivity contribution in [2.45, 2.75) is 32.1 Å². The van der Waals surface area contributed by atoms with Crippen LogP contribution in [0.25, 0.3) is 0 Å². The van der Waals surface area contributed by atoms with Gasteiger partial charge < -0.3 is 0 Å². The van der Waals surface area contributed by atoms with Gasteiger partial charge in [-0.3, -0.25) is 0 Å². The summed E-state index contributed by atoms with van der Waals surface area (Å²) in [6, 6.07) is 0. The summed E-state index contributed by atoms with van der Waals surface area (Å²) >= 11 is 1.77. The minimum atomic E-state index is 0.965. The van der Waals surface area contributed by atoms with Crippen molar-refractivity contribution >= 4 is 16.9 Å². The molecular formula is C12H20AsN. The molecule has 1 heterocycles. The summed E-state index contributed by atoms with van der Waals surface area (Å²) in [6.45, 7) is 2.46. The van der Waals surface area contributed by atoms with Gasteiger partial charge in [-0.1, -0.05) is 0 Å². The molecular weight excluding hydrogens is 233 g/mol. The molecule has 1 unspecified atom stereocenters. The first-order chi connectivity index (χ1) is 6.84. The summed E-state index contributed by atoms with van der Waals surface area (Å²) in [5.74, 6) is 0.965. The van der Waals surface area contributed by atoms with Crippen LogP contribution in [0.15, 0.2) is 22.7 Å². The Kier molecular flexibility index (Phi) is 3.75. The monoisotopic (exact) mass is 253 g/mol. The second-order valence-electron chi connectivity index (χ2n) is 4.52. The average Bonchev–Trinajstić information content (AvgIpc) is 2.19. The van der Waals surface area contributed by atoms with E-state index in [-0.39, 0.29) is 0 Å². The first-order valence-corrected chi connectivity index (χ1v) is 6.92. The number of hydrogen-bond acceptors (Lipinski definition) is 1. The molecule has 14 heavy (non-hydrogen) atoms. The third kappa shape index (κ3) is 2.92. The fourth-order valence-electron chi connectivity index (χ4n) is 2.46. The summed E-state index contributed by atoms with van der Waals surface area (Å²) in [6.07, 6.45) is 14.0. The summed E-state index contributed by atoms with van der Waals surface area (Å²) in [7, 11) is 0. The van der Waals surface area contributed by atoms with Gasteiger partial charge in [-0.15, -0.1) is 0 Å². The van der Waals surface area contributed by atoms with E-state index in [1.165, 1.54) is 45.2 Å². The molecule has 0 N–H and O–H groups in total. The molecule has 0 bridgehead atoms. The van der Waals surface area contributed by atoms with Gasteiger partial charge in [-0.05, 0) is 0 Å². The van der Waals surface area contributed by atoms with E-state index < -0.39 is 0 Å². The van der Waals surface area contributed by atoms with Gasteiger partial charge in [0, 0.05) is 0 Å². The molecule has 2 rings (SSSR count). The molecule has 0 radical (unpaired) electrons. The van der Waals surface area contributed by atoms with Crippen molar-refractivity contribution in [3.05, 3.63) is 22.7 Å². The molecule has 1 fully saturated rings. The molecule has 0 aromatic rings. The molecule has 1 nitrogen and oxygen atoms in total. The van der Waals surface area contributed by atoms with Crippen LogP contribution in [0, 0.1) is 5.92 Å². The van der Waals surface area contributed by atoms with Crippen molar-refractivity contribution in [3.8, 4) is 0 Å². The Morgan fingerprint density at radius 2 is 2.07 bits per heavy atom. The first-order valence-electron chi connectivity index (χ1n) is 5.71. The van der Waals surface area contributed by atoms with Crippen molar-refractivity contribution in [3.63, 3.8) is 0 Å². The van der Waals surface area contributed by atoms with E-state index in [1.54, 1.807) is 21.2 Å². The van der Waals surface area contributed by atoms with Crippen LogP contribution in [0.5, 0.6) is 0 Å².